The summed E-state index contributed by atoms with van der Waals surface area (Å²) in [5, 5.41) is 3.64. The lowest BCUT2D eigenvalue weighted by atomic mass is 10.0. The van der Waals surface area contributed by atoms with Gasteiger partial charge in [0.1, 0.15) is 0 Å². The second-order valence-corrected chi connectivity index (χ2v) is 7.81. The molecule has 1 N–H and O–H groups in total. The van der Waals surface area contributed by atoms with Gasteiger partial charge < -0.3 is 15.0 Å². The zero-order chi connectivity index (χ0) is 18.9. The van der Waals surface area contributed by atoms with Crippen LogP contribution in [0.25, 0.3) is 0 Å². The zero-order valence-corrected chi connectivity index (χ0v) is 19.8. The normalized spacial score (nSPS) is 23.5. The van der Waals surface area contributed by atoms with Gasteiger partial charge >= 0.3 is 0 Å². The van der Waals surface area contributed by atoms with Crippen LogP contribution in [0.3, 0.4) is 0 Å². The van der Waals surface area contributed by atoms with Crippen LogP contribution in [-0.4, -0.2) is 68.2 Å². The number of likely N-dealkylation sites (N-methyl/N-ethyl adjacent to an activating group) is 1. The SMILES string of the molecule is CCN1CCCCC1CNC(=NC)N1CCC(COCc2ccccc2)C1.I. The Balaban J connectivity index is 0.00000280. The van der Waals surface area contributed by atoms with E-state index in [0.717, 1.165) is 38.7 Å². The molecule has 0 bridgehead atoms. The fourth-order valence-electron chi connectivity index (χ4n) is 4.33. The lowest BCUT2D eigenvalue weighted by molar-refractivity contribution is 0.0906. The first-order chi connectivity index (χ1) is 13.3. The first-order valence-corrected chi connectivity index (χ1v) is 10.6. The Morgan fingerprint density at radius 1 is 1.18 bits per heavy atom. The summed E-state index contributed by atoms with van der Waals surface area (Å²) in [6.45, 7) is 9.31. The van der Waals surface area contributed by atoms with Gasteiger partial charge in [0.05, 0.1) is 13.2 Å². The summed E-state index contributed by atoms with van der Waals surface area (Å²) in [5.74, 6) is 1.65. The lowest BCUT2D eigenvalue weighted by Crippen LogP contribution is -2.49. The van der Waals surface area contributed by atoms with Gasteiger partial charge in [-0.1, -0.05) is 43.7 Å². The molecule has 2 aliphatic heterocycles. The molecule has 6 heteroatoms. The number of guanidine groups is 1. The molecule has 0 amide bonds. The fraction of sp³-hybridized carbons (Fsp3) is 0.682. The Bertz CT molecular complexity index is 583. The third-order valence-electron chi connectivity index (χ3n) is 5.91. The maximum atomic E-state index is 5.96. The monoisotopic (exact) mass is 500 g/mol. The van der Waals surface area contributed by atoms with E-state index in [0.29, 0.717) is 18.6 Å². The van der Waals surface area contributed by atoms with E-state index >= 15 is 0 Å². The molecule has 3 rings (SSSR count). The molecule has 5 nitrogen and oxygen atoms in total. The van der Waals surface area contributed by atoms with Crippen LogP contribution in [0.4, 0.5) is 0 Å². The molecule has 2 unspecified atom stereocenters. The van der Waals surface area contributed by atoms with E-state index < -0.39 is 0 Å². The molecule has 0 spiro atoms. The Morgan fingerprint density at radius 2 is 2.00 bits per heavy atom. The van der Waals surface area contributed by atoms with Crippen LogP contribution in [0, 0.1) is 5.92 Å². The number of hydrogen-bond acceptors (Lipinski definition) is 3. The van der Waals surface area contributed by atoms with E-state index in [1.165, 1.54) is 37.8 Å². The van der Waals surface area contributed by atoms with Crippen LogP contribution in [-0.2, 0) is 11.3 Å². The molecule has 1 aromatic carbocycles. The van der Waals surface area contributed by atoms with Gasteiger partial charge in [-0.25, -0.2) is 0 Å². The Hall–Kier alpha value is -0.860. The summed E-state index contributed by atoms with van der Waals surface area (Å²) in [5.41, 5.74) is 1.25. The number of nitrogens with zero attached hydrogens (tertiary/aromatic N) is 3. The van der Waals surface area contributed by atoms with Crippen LogP contribution < -0.4 is 5.32 Å². The Labute approximate surface area is 187 Å². The summed E-state index contributed by atoms with van der Waals surface area (Å²) in [6, 6.07) is 11.1. The maximum absolute atomic E-state index is 5.96. The largest absolute Gasteiger partial charge is 0.376 e. The van der Waals surface area contributed by atoms with Crippen LogP contribution in [0.1, 0.15) is 38.2 Å². The van der Waals surface area contributed by atoms with E-state index in [9.17, 15) is 0 Å². The topological polar surface area (TPSA) is 40.1 Å². The van der Waals surface area contributed by atoms with Crippen LogP contribution >= 0.6 is 24.0 Å². The number of hydrogen-bond donors (Lipinski definition) is 1. The standard InChI is InChI=1S/C22H36N4O.HI/c1-3-25-13-8-7-11-21(25)15-24-22(23-2)26-14-12-20(16-26)18-27-17-19-9-5-4-6-10-19;/h4-6,9-10,20-21H,3,7-8,11-18H2,1-2H3,(H,23,24);1H. The van der Waals surface area contributed by atoms with Gasteiger partial charge in [0.2, 0.25) is 0 Å². The van der Waals surface area contributed by atoms with Crippen molar-refractivity contribution in [3.63, 3.8) is 0 Å². The van der Waals surface area contributed by atoms with Gasteiger partial charge in [0, 0.05) is 38.6 Å². The number of benzene rings is 1. The van der Waals surface area contributed by atoms with Crippen molar-refractivity contribution in [2.45, 2.75) is 45.3 Å². The summed E-state index contributed by atoms with van der Waals surface area (Å²) in [4.78, 5) is 9.54. The number of aliphatic imine (C=N–C) groups is 1. The lowest BCUT2D eigenvalue weighted by Gasteiger charge is -2.35. The van der Waals surface area contributed by atoms with Crippen molar-refractivity contribution in [2.24, 2.45) is 10.9 Å². The molecule has 158 valence electrons. The van der Waals surface area contributed by atoms with Crippen molar-refractivity contribution < 1.29 is 4.74 Å². The van der Waals surface area contributed by atoms with Crippen molar-refractivity contribution in [1.29, 1.82) is 0 Å². The minimum absolute atomic E-state index is 0. The van der Waals surface area contributed by atoms with Gasteiger partial charge in [-0.2, -0.15) is 0 Å². The van der Waals surface area contributed by atoms with E-state index in [4.69, 9.17) is 4.74 Å². The van der Waals surface area contributed by atoms with E-state index in [2.05, 4.69) is 51.3 Å². The molecule has 2 saturated heterocycles. The Morgan fingerprint density at radius 3 is 2.75 bits per heavy atom. The highest BCUT2D eigenvalue weighted by Gasteiger charge is 2.26. The van der Waals surface area contributed by atoms with Gasteiger partial charge in [0.15, 0.2) is 5.96 Å². The number of halogens is 1. The van der Waals surface area contributed by atoms with E-state index in [1.807, 2.05) is 13.1 Å². The Kier molecular flexibility index (Phi) is 10.6. The highest BCUT2D eigenvalue weighted by atomic mass is 127. The van der Waals surface area contributed by atoms with Crippen LogP contribution in [0.5, 0.6) is 0 Å². The predicted octanol–water partition coefficient (Wildman–Crippen LogP) is 3.59. The molecule has 2 heterocycles. The van der Waals surface area contributed by atoms with E-state index in [-0.39, 0.29) is 24.0 Å². The van der Waals surface area contributed by atoms with Gasteiger partial charge in [0.25, 0.3) is 0 Å². The third-order valence-corrected chi connectivity index (χ3v) is 5.91. The van der Waals surface area contributed by atoms with Crippen molar-refractivity contribution in [3.05, 3.63) is 35.9 Å². The summed E-state index contributed by atoms with van der Waals surface area (Å²) in [6.07, 6.45) is 5.18. The molecular weight excluding hydrogens is 463 g/mol. The number of piperidine rings is 1. The summed E-state index contributed by atoms with van der Waals surface area (Å²) in [7, 11) is 1.90. The smallest absolute Gasteiger partial charge is 0.193 e. The van der Waals surface area contributed by atoms with Crippen molar-refractivity contribution in [2.75, 3.05) is 46.4 Å². The average Bonchev–Trinajstić information content (AvgIpc) is 3.18. The molecular formula is C22H37IN4O. The molecule has 2 atom stereocenters. The third kappa shape index (κ3) is 6.88. The first kappa shape index (κ1) is 23.4. The molecule has 28 heavy (non-hydrogen) atoms. The molecule has 1 aromatic rings. The first-order valence-electron chi connectivity index (χ1n) is 10.6. The van der Waals surface area contributed by atoms with Crippen molar-refractivity contribution in [1.82, 2.24) is 15.1 Å². The number of nitrogens with one attached hydrogen (secondary N) is 1. The fourth-order valence-corrected chi connectivity index (χ4v) is 4.33. The van der Waals surface area contributed by atoms with Gasteiger partial charge in [-0.15, -0.1) is 24.0 Å². The van der Waals surface area contributed by atoms with Crippen LogP contribution in [0.15, 0.2) is 35.3 Å². The van der Waals surface area contributed by atoms with Crippen molar-refractivity contribution in [3.8, 4) is 0 Å². The maximum Gasteiger partial charge on any atom is 0.193 e. The minimum atomic E-state index is 0. The molecule has 0 aromatic heterocycles. The average molecular weight is 500 g/mol. The zero-order valence-electron chi connectivity index (χ0n) is 17.5. The highest BCUT2D eigenvalue weighted by molar-refractivity contribution is 14.0. The quantitative estimate of drug-likeness (QED) is 0.353. The van der Waals surface area contributed by atoms with Gasteiger partial charge in [-0.05, 0) is 37.9 Å². The number of likely N-dealkylation sites (tertiary alicyclic amines) is 2. The second kappa shape index (κ2) is 12.6. The summed E-state index contributed by atoms with van der Waals surface area (Å²) < 4.78 is 5.96. The molecule has 0 radical (unpaired) electrons. The molecule has 0 aliphatic carbocycles. The van der Waals surface area contributed by atoms with E-state index in [1.54, 1.807) is 0 Å². The molecule has 0 saturated carbocycles. The molecule has 2 aliphatic rings. The number of ether oxygens (including phenoxy) is 1. The highest BCUT2D eigenvalue weighted by Crippen LogP contribution is 2.19. The number of rotatable bonds is 7. The summed E-state index contributed by atoms with van der Waals surface area (Å²) >= 11 is 0. The minimum Gasteiger partial charge on any atom is -0.376 e. The second-order valence-electron chi connectivity index (χ2n) is 7.81. The predicted molar refractivity (Wildman–Crippen MR) is 127 cm³/mol. The van der Waals surface area contributed by atoms with Crippen LogP contribution in [0.2, 0.25) is 0 Å². The molecule has 2 fully saturated rings. The van der Waals surface area contributed by atoms with Crippen molar-refractivity contribution >= 4 is 29.9 Å². The van der Waals surface area contributed by atoms with Gasteiger partial charge in [-0.3, -0.25) is 9.89 Å².